The molecule has 0 fully saturated rings. The van der Waals surface area contributed by atoms with Gasteiger partial charge in [-0.2, -0.15) is 0 Å². The van der Waals surface area contributed by atoms with Crippen LogP contribution < -0.4 is 0 Å². The summed E-state index contributed by atoms with van der Waals surface area (Å²) in [6.45, 7) is 1.64. The third-order valence-corrected chi connectivity index (χ3v) is 2.44. The van der Waals surface area contributed by atoms with Gasteiger partial charge in [-0.25, -0.2) is 8.78 Å². The van der Waals surface area contributed by atoms with Crippen molar-refractivity contribution in [3.05, 3.63) is 53.6 Å². The summed E-state index contributed by atoms with van der Waals surface area (Å²) in [6.07, 6.45) is 0. The highest BCUT2D eigenvalue weighted by Crippen LogP contribution is 2.32. The molecule has 1 N–H and O–H groups in total. The van der Waals surface area contributed by atoms with Gasteiger partial charge in [0.15, 0.2) is 0 Å². The number of halogens is 2. The quantitative estimate of drug-likeness (QED) is 0.777. The molecule has 2 aromatic carbocycles. The van der Waals surface area contributed by atoms with E-state index in [1.165, 1.54) is 12.1 Å². The molecular formula is C13H10F2O. The Balaban J connectivity index is 2.63. The lowest BCUT2D eigenvalue weighted by Crippen LogP contribution is -1.89. The molecule has 0 aliphatic heterocycles. The molecule has 0 aliphatic rings. The van der Waals surface area contributed by atoms with E-state index in [-0.39, 0.29) is 11.3 Å². The molecule has 0 atom stereocenters. The molecule has 0 saturated heterocycles. The van der Waals surface area contributed by atoms with Gasteiger partial charge in [0, 0.05) is 17.2 Å². The standard InChI is InChI=1S/C13H10F2O/c1-8-3-2-4-11(13(8)15)10-6-5-9(14)7-12(10)16/h2-7,16H,1H3. The zero-order valence-electron chi connectivity index (χ0n) is 8.67. The van der Waals surface area contributed by atoms with Crippen LogP contribution in [0.4, 0.5) is 8.78 Å². The average Bonchev–Trinajstić information content (AvgIpc) is 2.23. The molecule has 0 amide bonds. The summed E-state index contributed by atoms with van der Waals surface area (Å²) in [5.41, 5.74) is 1.06. The topological polar surface area (TPSA) is 20.2 Å². The summed E-state index contributed by atoms with van der Waals surface area (Å²) in [6, 6.07) is 8.40. The van der Waals surface area contributed by atoms with E-state index in [9.17, 15) is 13.9 Å². The Morgan fingerprint density at radius 1 is 1.00 bits per heavy atom. The summed E-state index contributed by atoms with van der Waals surface area (Å²) >= 11 is 0. The smallest absolute Gasteiger partial charge is 0.134 e. The lowest BCUT2D eigenvalue weighted by Gasteiger charge is -2.07. The molecule has 0 radical (unpaired) electrons. The molecule has 2 aromatic rings. The maximum absolute atomic E-state index is 13.8. The van der Waals surface area contributed by atoms with Crippen LogP contribution >= 0.6 is 0 Å². The SMILES string of the molecule is Cc1cccc(-c2ccc(F)cc2O)c1F. The first kappa shape index (κ1) is 10.6. The molecule has 3 heteroatoms. The summed E-state index contributed by atoms with van der Waals surface area (Å²) in [4.78, 5) is 0. The van der Waals surface area contributed by atoms with Crippen LogP contribution in [0.1, 0.15) is 5.56 Å². The zero-order valence-corrected chi connectivity index (χ0v) is 8.67. The minimum atomic E-state index is -0.547. The van der Waals surface area contributed by atoms with Crippen molar-refractivity contribution in [2.45, 2.75) is 6.92 Å². The van der Waals surface area contributed by atoms with Crippen molar-refractivity contribution in [2.24, 2.45) is 0 Å². The summed E-state index contributed by atoms with van der Waals surface area (Å²) in [5.74, 6) is -1.21. The van der Waals surface area contributed by atoms with Crippen molar-refractivity contribution in [3.63, 3.8) is 0 Å². The zero-order chi connectivity index (χ0) is 11.7. The lowest BCUT2D eigenvalue weighted by atomic mass is 10.0. The number of phenolic OH excluding ortho intramolecular Hbond substituents is 1. The van der Waals surface area contributed by atoms with E-state index in [1.807, 2.05) is 0 Å². The minimum Gasteiger partial charge on any atom is -0.507 e. The van der Waals surface area contributed by atoms with E-state index in [2.05, 4.69) is 0 Å². The Bertz CT molecular complexity index is 535. The fourth-order valence-electron chi connectivity index (χ4n) is 1.59. The summed E-state index contributed by atoms with van der Waals surface area (Å²) in [5, 5.41) is 9.55. The van der Waals surface area contributed by atoms with Crippen LogP contribution in [0.3, 0.4) is 0 Å². The Kier molecular flexibility index (Phi) is 2.60. The van der Waals surface area contributed by atoms with Crippen LogP contribution in [-0.4, -0.2) is 5.11 Å². The first-order chi connectivity index (χ1) is 7.59. The highest BCUT2D eigenvalue weighted by Gasteiger charge is 2.11. The molecule has 2 rings (SSSR count). The van der Waals surface area contributed by atoms with Gasteiger partial charge in [-0.1, -0.05) is 18.2 Å². The van der Waals surface area contributed by atoms with Gasteiger partial charge in [-0.15, -0.1) is 0 Å². The summed E-state index contributed by atoms with van der Waals surface area (Å²) < 4.78 is 26.6. The van der Waals surface area contributed by atoms with Gasteiger partial charge in [0.05, 0.1) is 0 Å². The Morgan fingerprint density at radius 2 is 1.75 bits per heavy atom. The van der Waals surface area contributed by atoms with E-state index >= 15 is 0 Å². The van der Waals surface area contributed by atoms with Gasteiger partial charge in [0.25, 0.3) is 0 Å². The van der Waals surface area contributed by atoms with Crippen LogP contribution in [-0.2, 0) is 0 Å². The number of benzene rings is 2. The van der Waals surface area contributed by atoms with Gasteiger partial charge >= 0.3 is 0 Å². The predicted octanol–water partition coefficient (Wildman–Crippen LogP) is 3.65. The fourth-order valence-corrected chi connectivity index (χ4v) is 1.59. The molecule has 0 heterocycles. The molecule has 1 nitrogen and oxygen atoms in total. The third-order valence-electron chi connectivity index (χ3n) is 2.44. The highest BCUT2D eigenvalue weighted by atomic mass is 19.1. The summed E-state index contributed by atoms with van der Waals surface area (Å²) in [7, 11) is 0. The molecule has 0 aromatic heterocycles. The maximum atomic E-state index is 13.8. The Labute approximate surface area is 92.0 Å². The van der Waals surface area contributed by atoms with Gasteiger partial charge in [-0.05, 0) is 24.6 Å². The van der Waals surface area contributed by atoms with Crippen molar-refractivity contribution in [1.82, 2.24) is 0 Å². The molecule has 82 valence electrons. The number of aromatic hydroxyl groups is 1. The molecule has 0 aliphatic carbocycles. The molecule has 16 heavy (non-hydrogen) atoms. The fraction of sp³-hybridized carbons (Fsp3) is 0.0769. The number of phenols is 1. The van der Waals surface area contributed by atoms with Crippen molar-refractivity contribution < 1.29 is 13.9 Å². The van der Waals surface area contributed by atoms with Crippen molar-refractivity contribution in [1.29, 1.82) is 0 Å². The molecule has 0 bridgehead atoms. The van der Waals surface area contributed by atoms with Crippen molar-refractivity contribution in [3.8, 4) is 16.9 Å². The predicted molar refractivity (Wildman–Crippen MR) is 58.2 cm³/mol. The van der Waals surface area contributed by atoms with E-state index in [1.54, 1.807) is 25.1 Å². The van der Waals surface area contributed by atoms with Crippen LogP contribution in [0.15, 0.2) is 36.4 Å². The minimum absolute atomic E-state index is 0.260. The highest BCUT2D eigenvalue weighted by molar-refractivity contribution is 5.71. The van der Waals surface area contributed by atoms with Crippen LogP contribution in [0.5, 0.6) is 5.75 Å². The van der Waals surface area contributed by atoms with Gasteiger partial charge in [-0.3, -0.25) is 0 Å². The Hall–Kier alpha value is -1.90. The van der Waals surface area contributed by atoms with Crippen LogP contribution in [0.2, 0.25) is 0 Å². The first-order valence-corrected chi connectivity index (χ1v) is 4.83. The second-order valence-corrected chi connectivity index (χ2v) is 3.60. The van der Waals surface area contributed by atoms with Crippen molar-refractivity contribution >= 4 is 0 Å². The van der Waals surface area contributed by atoms with Crippen molar-refractivity contribution in [2.75, 3.05) is 0 Å². The van der Waals surface area contributed by atoms with E-state index in [0.29, 0.717) is 11.1 Å². The van der Waals surface area contributed by atoms with Crippen LogP contribution in [0.25, 0.3) is 11.1 Å². The number of hydrogen-bond acceptors (Lipinski definition) is 1. The maximum Gasteiger partial charge on any atom is 0.134 e. The molecule has 0 saturated carbocycles. The van der Waals surface area contributed by atoms with Crippen LogP contribution in [0, 0.1) is 18.6 Å². The molecular weight excluding hydrogens is 210 g/mol. The van der Waals surface area contributed by atoms with Gasteiger partial charge in [0.1, 0.15) is 17.4 Å². The lowest BCUT2D eigenvalue weighted by molar-refractivity contribution is 0.470. The molecule has 0 unspecified atom stereocenters. The van der Waals surface area contributed by atoms with E-state index < -0.39 is 11.6 Å². The van der Waals surface area contributed by atoms with Gasteiger partial charge in [0.2, 0.25) is 0 Å². The third kappa shape index (κ3) is 1.76. The van der Waals surface area contributed by atoms with Gasteiger partial charge < -0.3 is 5.11 Å². The second-order valence-electron chi connectivity index (χ2n) is 3.60. The normalized spacial score (nSPS) is 10.4. The van der Waals surface area contributed by atoms with E-state index in [0.717, 1.165) is 6.07 Å². The largest absolute Gasteiger partial charge is 0.507 e. The number of rotatable bonds is 1. The first-order valence-electron chi connectivity index (χ1n) is 4.83. The Morgan fingerprint density at radius 3 is 2.44 bits per heavy atom. The monoisotopic (exact) mass is 220 g/mol. The number of aryl methyl sites for hydroxylation is 1. The number of hydrogen-bond donors (Lipinski definition) is 1. The molecule has 0 spiro atoms. The second kappa shape index (κ2) is 3.93. The average molecular weight is 220 g/mol. The van der Waals surface area contributed by atoms with E-state index in [4.69, 9.17) is 0 Å².